The first-order valence-corrected chi connectivity index (χ1v) is 11.5. The zero-order valence-corrected chi connectivity index (χ0v) is 20.0. The lowest BCUT2D eigenvalue weighted by Gasteiger charge is -2.03. The Morgan fingerprint density at radius 3 is 2.47 bits per heavy atom. The lowest BCUT2D eigenvalue weighted by atomic mass is 10.1. The summed E-state index contributed by atoms with van der Waals surface area (Å²) in [7, 11) is 2.00. The van der Waals surface area contributed by atoms with Gasteiger partial charge in [0.15, 0.2) is 11.5 Å². The Bertz CT molecular complexity index is 1420. The van der Waals surface area contributed by atoms with Gasteiger partial charge in [0.05, 0.1) is 12.1 Å². The molecule has 1 aromatic carbocycles. The second-order valence-electron chi connectivity index (χ2n) is 7.84. The molecule has 5 rings (SSSR count). The van der Waals surface area contributed by atoms with E-state index in [1.54, 1.807) is 18.0 Å². The number of carboxylic acids is 1. The Balaban J connectivity index is 0.000000384. The second-order valence-corrected chi connectivity index (χ2v) is 9.28. The molecule has 3 N–H and O–H groups in total. The van der Waals surface area contributed by atoms with Crippen molar-refractivity contribution in [2.75, 3.05) is 0 Å². The lowest BCUT2D eigenvalue weighted by molar-refractivity contribution is -0.706. The number of aromatic nitrogens is 5. The van der Waals surface area contributed by atoms with Crippen LogP contribution < -0.4 is 10.3 Å². The van der Waals surface area contributed by atoms with E-state index in [2.05, 4.69) is 48.9 Å². The van der Waals surface area contributed by atoms with Gasteiger partial charge in [0, 0.05) is 17.7 Å². The van der Waals surface area contributed by atoms with Crippen LogP contribution in [0, 0.1) is 0 Å². The number of aliphatic carboxylic acids is 1. The molecule has 9 nitrogen and oxygen atoms in total. The van der Waals surface area contributed by atoms with Crippen molar-refractivity contribution in [1.82, 2.24) is 20.1 Å². The Morgan fingerprint density at radius 1 is 1.22 bits per heavy atom. The van der Waals surface area contributed by atoms with E-state index in [9.17, 15) is 18.0 Å². The fourth-order valence-electron chi connectivity index (χ4n) is 3.47. The van der Waals surface area contributed by atoms with Crippen molar-refractivity contribution in [2.24, 2.45) is 7.05 Å². The number of aromatic amines is 2. The summed E-state index contributed by atoms with van der Waals surface area (Å²) in [6.07, 6.45) is -0.541. The van der Waals surface area contributed by atoms with Crippen molar-refractivity contribution in [1.29, 1.82) is 0 Å². The van der Waals surface area contributed by atoms with Gasteiger partial charge < -0.3 is 5.11 Å². The highest BCUT2D eigenvalue weighted by atomic mass is 35.5. The molecule has 0 bridgehead atoms. The van der Waals surface area contributed by atoms with Gasteiger partial charge in [-0.1, -0.05) is 41.0 Å². The van der Waals surface area contributed by atoms with E-state index < -0.39 is 17.9 Å². The molecule has 1 fully saturated rings. The maximum Gasteiger partial charge on any atom is 0.490 e. The highest BCUT2D eigenvalue weighted by Crippen LogP contribution is 2.53. The predicted octanol–water partition coefficient (Wildman–Crippen LogP) is 4.29. The van der Waals surface area contributed by atoms with Crippen LogP contribution in [0.1, 0.15) is 29.6 Å². The molecule has 0 spiro atoms. The van der Waals surface area contributed by atoms with Crippen molar-refractivity contribution >= 4 is 29.3 Å². The van der Waals surface area contributed by atoms with Crippen LogP contribution in [0.2, 0.25) is 5.02 Å². The summed E-state index contributed by atoms with van der Waals surface area (Å²) in [5.41, 5.74) is 3.36. The molecule has 4 aromatic rings. The number of alkyl halides is 3. The highest BCUT2D eigenvalue weighted by molar-refractivity contribution is 7.99. The molecule has 1 saturated carbocycles. The molecule has 3 aromatic heterocycles. The second kappa shape index (κ2) is 10.2. The SMILES string of the molecule is C[n+]1c[nH]c(-c2ccc([C@H]3C[C@@H]3c3noc(=O)[nH]3)cc2)c1Sc1ccc(Cl)cn1.O=C(O)C(F)(F)F. The van der Waals surface area contributed by atoms with Gasteiger partial charge in [0.25, 0.3) is 0 Å². The molecule has 188 valence electrons. The van der Waals surface area contributed by atoms with Crippen molar-refractivity contribution in [2.45, 2.75) is 34.5 Å². The zero-order chi connectivity index (χ0) is 26.0. The summed E-state index contributed by atoms with van der Waals surface area (Å²) >= 11 is 7.52. The van der Waals surface area contributed by atoms with Crippen LogP contribution in [-0.4, -0.2) is 37.4 Å². The summed E-state index contributed by atoms with van der Waals surface area (Å²) in [6, 6.07) is 12.2. The van der Waals surface area contributed by atoms with Crippen molar-refractivity contribution in [3.05, 3.63) is 75.9 Å². The number of carbonyl (C=O) groups is 1. The predicted molar refractivity (Wildman–Crippen MR) is 122 cm³/mol. The average Bonchev–Trinajstić information content (AvgIpc) is 3.39. The van der Waals surface area contributed by atoms with Crippen LogP contribution in [0.3, 0.4) is 0 Å². The number of nitrogens with one attached hydrogen (secondary N) is 2. The number of pyridine rings is 1. The van der Waals surface area contributed by atoms with Crippen LogP contribution >= 0.6 is 23.4 Å². The normalized spacial score (nSPS) is 16.8. The van der Waals surface area contributed by atoms with Crippen molar-refractivity contribution in [3.63, 3.8) is 0 Å². The Labute approximate surface area is 210 Å². The van der Waals surface area contributed by atoms with Crippen LogP contribution in [0.25, 0.3) is 11.3 Å². The van der Waals surface area contributed by atoms with E-state index in [1.165, 1.54) is 5.56 Å². The van der Waals surface area contributed by atoms with Gasteiger partial charge in [-0.05, 0) is 41.8 Å². The standard InChI is InChI=1S/C20H16ClN5O2S.C2HF3O2/c1-26-10-23-17(19(26)29-16-7-6-13(21)9-22-16)12-4-2-11(3-5-12)14-8-15(14)18-24-20(27)28-25-18;3-2(4,5)1(6)7/h2-7,9-10,14-15H,8H2,1H3,(H,24,25,27);(H,6,7)/p+1/t14-,15+;/m1./s1. The summed E-state index contributed by atoms with van der Waals surface area (Å²) in [5, 5.41) is 13.5. The van der Waals surface area contributed by atoms with E-state index >= 15 is 0 Å². The van der Waals surface area contributed by atoms with E-state index in [0.29, 0.717) is 16.8 Å². The lowest BCUT2D eigenvalue weighted by Crippen LogP contribution is -2.27. The molecule has 0 radical (unpaired) electrons. The molecule has 2 atom stereocenters. The molecule has 1 aliphatic rings. The van der Waals surface area contributed by atoms with Crippen LogP contribution in [0.4, 0.5) is 13.2 Å². The number of H-pyrrole nitrogens is 2. The van der Waals surface area contributed by atoms with Gasteiger partial charge in [-0.25, -0.2) is 24.1 Å². The van der Waals surface area contributed by atoms with Crippen LogP contribution in [0.5, 0.6) is 0 Å². The number of imidazole rings is 1. The van der Waals surface area contributed by atoms with Crippen molar-refractivity contribution < 1.29 is 32.2 Å². The quantitative estimate of drug-likeness (QED) is 0.322. The minimum absolute atomic E-state index is 0.220. The Kier molecular flexibility index (Phi) is 7.22. The maximum atomic E-state index is 11.1. The molecule has 3 heterocycles. The molecular weight excluding hydrogens is 523 g/mol. The Morgan fingerprint density at radius 2 is 1.92 bits per heavy atom. The van der Waals surface area contributed by atoms with Gasteiger partial charge >= 0.3 is 17.9 Å². The van der Waals surface area contributed by atoms with Gasteiger partial charge in [-0.15, -0.1) is 0 Å². The average molecular weight is 541 g/mol. The largest absolute Gasteiger partial charge is 0.490 e. The fraction of sp³-hybridized carbons (Fsp3) is 0.227. The summed E-state index contributed by atoms with van der Waals surface area (Å²) in [6.45, 7) is 0. The molecule has 0 aliphatic heterocycles. The monoisotopic (exact) mass is 540 g/mol. The summed E-state index contributed by atoms with van der Waals surface area (Å²) in [5.74, 6) is -2.04. The van der Waals surface area contributed by atoms with Gasteiger partial charge in [0.2, 0.25) is 11.4 Å². The van der Waals surface area contributed by atoms with Gasteiger partial charge in [-0.3, -0.25) is 9.51 Å². The minimum atomic E-state index is -5.08. The molecule has 0 unspecified atom stereocenters. The molecule has 0 amide bonds. The minimum Gasteiger partial charge on any atom is -0.475 e. The first-order valence-electron chi connectivity index (χ1n) is 10.4. The molecular formula is C22H18ClF3N5O4S+. The first kappa shape index (κ1) is 25.5. The number of hydrogen-bond acceptors (Lipinski definition) is 6. The number of benzene rings is 1. The first-order chi connectivity index (χ1) is 17.0. The third-order valence-electron chi connectivity index (χ3n) is 5.31. The number of hydrogen-bond donors (Lipinski definition) is 3. The molecule has 14 heteroatoms. The summed E-state index contributed by atoms with van der Waals surface area (Å²) in [4.78, 5) is 30.4. The van der Waals surface area contributed by atoms with E-state index in [4.69, 9.17) is 21.5 Å². The van der Waals surface area contributed by atoms with Gasteiger partial charge in [0.1, 0.15) is 5.03 Å². The van der Waals surface area contributed by atoms with Crippen molar-refractivity contribution in [3.8, 4) is 11.3 Å². The molecule has 1 aliphatic carbocycles. The maximum absolute atomic E-state index is 11.1. The third kappa shape index (κ3) is 5.97. The third-order valence-corrected chi connectivity index (χ3v) is 6.67. The van der Waals surface area contributed by atoms with E-state index in [0.717, 1.165) is 27.7 Å². The number of carboxylic acid groups (broad SMARTS) is 1. The Hall–Kier alpha value is -3.58. The number of nitrogens with zero attached hydrogens (tertiary/aromatic N) is 3. The molecule has 36 heavy (non-hydrogen) atoms. The van der Waals surface area contributed by atoms with Crippen LogP contribution in [-0.2, 0) is 11.8 Å². The number of rotatable bonds is 5. The molecule has 0 saturated heterocycles. The van der Waals surface area contributed by atoms with E-state index in [1.807, 2.05) is 30.1 Å². The summed E-state index contributed by atoms with van der Waals surface area (Å²) < 4.78 is 38.4. The van der Waals surface area contributed by atoms with E-state index in [-0.39, 0.29) is 5.92 Å². The number of halogens is 4. The fourth-order valence-corrected chi connectivity index (χ4v) is 4.50. The zero-order valence-electron chi connectivity index (χ0n) is 18.4. The highest BCUT2D eigenvalue weighted by Gasteiger charge is 2.42. The smallest absolute Gasteiger partial charge is 0.475 e. The van der Waals surface area contributed by atoms with Gasteiger partial charge in [-0.2, -0.15) is 13.2 Å². The number of aryl methyl sites for hydroxylation is 1. The topological polar surface area (TPSA) is 129 Å². The van der Waals surface area contributed by atoms with Crippen LogP contribution in [0.15, 0.2) is 68.3 Å².